The van der Waals surface area contributed by atoms with E-state index in [1.54, 1.807) is 10.9 Å². The van der Waals surface area contributed by atoms with Crippen molar-refractivity contribution in [2.24, 2.45) is 7.05 Å². The maximum atomic E-state index is 11.1. The minimum absolute atomic E-state index is 0.251. The molecule has 0 radical (unpaired) electrons. The summed E-state index contributed by atoms with van der Waals surface area (Å²) < 4.78 is 1.77. The summed E-state index contributed by atoms with van der Waals surface area (Å²) in [6, 6.07) is 8.55. The van der Waals surface area contributed by atoms with E-state index < -0.39 is 12.0 Å². The number of rotatable bonds is 5. The highest BCUT2D eigenvalue weighted by atomic mass is 16.4. The van der Waals surface area contributed by atoms with Crippen LogP contribution in [0.15, 0.2) is 36.5 Å². The second-order valence-electron chi connectivity index (χ2n) is 4.83. The van der Waals surface area contributed by atoms with Crippen LogP contribution in [-0.2, 0) is 23.1 Å². The normalized spacial score (nSPS) is 11.9. The number of hydrogen-bond donors (Lipinski definition) is 2. The second kappa shape index (κ2) is 6.21. The Morgan fingerprint density at radius 2 is 1.95 bits per heavy atom. The molecule has 0 saturated carbocycles. The Kier molecular flexibility index (Phi) is 4.37. The van der Waals surface area contributed by atoms with Crippen molar-refractivity contribution >= 4 is 11.9 Å². The average molecular weight is 287 g/mol. The van der Waals surface area contributed by atoms with Crippen molar-refractivity contribution in [1.29, 1.82) is 0 Å². The maximum absolute atomic E-state index is 11.1. The van der Waals surface area contributed by atoms with Crippen LogP contribution in [0.25, 0.3) is 11.3 Å². The van der Waals surface area contributed by atoms with Gasteiger partial charge in [-0.05, 0) is 17.2 Å². The molecule has 6 heteroatoms. The van der Waals surface area contributed by atoms with Gasteiger partial charge in [0, 0.05) is 26.6 Å². The van der Waals surface area contributed by atoms with Gasteiger partial charge in [-0.25, -0.2) is 4.79 Å². The Bertz CT molecular complexity index is 646. The van der Waals surface area contributed by atoms with E-state index in [0.717, 1.165) is 16.8 Å². The summed E-state index contributed by atoms with van der Waals surface area (Å²) in [5, 5.41) is 15.6. The van der Waals surface area contributed by atoms with Gasteiger partial charge in [0.05, 0.1) is 5.69 Å². The van der Waals surface area contributed by atoms with Gasteiger partial charge in [0.15, 0.2) is 0 Å². The lowest BCUT2D eigenvalue weighted by atomic mass is 10.0. The number of aryl methyl sites for hydroxylation is 1. The zero-order valence-corrected chi connectivity index (χ0v) is 11.9. The topological polar surface area (TPSA) is 84.2 Å². The average Bonchev–Trinajstić information content (AvgIpc) is 2.84. The van der Waals surface area contributed by atoms with Crippen LogP contribution in [0.4, 0.5) is 0 Å². The van der Waals surface area contributed by atoms with Gasteiger partial charge in [-0.1, -0.05) is 24.3 Å². The predicted molar refractivity (Wildman–Crippen MR) is 77.6 cm³/mol. The molecule has 110 valence electrons. The summed E-state index contributed by atoms with van der Waals surface area (Å²) >= 11 is 0. The SMILES string of the molecule is CC(=O)N[C@H](Cc1ccc(-c2ccnn2C)cc1)C(=O)O. The van der Waals surface area contributed by atoms with Crippen LogP contribution in [0.2, 0.25) is 0 Å². The lowest BCUT2D eigenvalue weighted by Crippen LogP contribution is -2.41. The number of amides is 1. The summed E-state index contributed by atoms with van der Waals surface area (Å²) in [5.41, 5.74) is 2.84. The van der Waals surface area contributed by atoms with Crippen molar-refractivity contribution in [2.75, 3.05) is 0 Å². The summed E-state index contributed by atoms with van der Waals surface area (Å²) in [4.78, 5) is 22.1. The van der Waals surface area contributed by atoms with Gasteiger partial charge in [-0.3, -0.25) is 9.48 Å². The molecule has 0 spiro atoms. The van der Waals surface area contributed by atoms with Gasteiger partial charge in [-0.15, -0.1) is 0 Å². The smallest absolute Gasteiger partial charge is 0.326 e. The molecule has 1 aromatic heterocycles. The summed E-state index contributed by atoms with van der Waals surface area (Å²) in [6.07, 6.45) is 1.97. The number of carbonyl (C=O) groups excluding carboxylic acids is 1. The maximum Gasteiger partial charge on any atom is 0.326 e. The molecule has 0 bridgehead atoms. The lowest BCUT2D eigenvalue weighted by molar-refractivity contribution is -0.141. The van der Waals surface area contributed by atoms with Crippen LogP contribution in [0.5, 0.6) is 0 Å². The van der Waals surface area contributed by atoms with Gasteiger partial charge in [0.25, 0.3) is 0 Å². The van der Waals surface area contributed by atoms with Crippen LogP contribution in [0, 0.1) is 0 Å². The highest BCUT2D eigenvalue weighted by Gasteiger charge is 2.18. The molecule has 2 rings (SSSR count). The number of benzene rings is 1. The van der Waals surface area contributed by atoms with Crippen molar-refractivity contribution in [2.45, 2.75) is 19.4 Å². The van der Waals surface area contributed by atoms with E-state index in [1.165, 1.54) is 6.92 Å². The van der Waals surface area contributed by atoms with E-state index in [-0.39, 0.29) is 12.3 Å². The molecule has 1 aromatic carbocycles. The molecule has 0 aliphatic carbocycles. The van der Waals surface area contributed by atoms with Crippen molar-refractivity contribution in [3.8, 4) is 11.3 Å². The second-order valence-corrected chi connectivity index (χ2v) is 4.83. The molecular formula is C15H17N3O3. The van der Waals surface area contributed by atoms with Gasteiger partial charge in [-0.2, -0.15) is 5.10 Å². The monoisotopic (exact) mass is 287 g/mol. The van der Waals surface area contributed by atoms with E-state index in [1.807, 2.05) is 37.4 Å². The molecule has 0 aliphatic rings. The van der Waals surface area contributed by atoms with E-state index >= 15 is 0 Å². The molecule has 0 saturated heterocycles. The zero-order chi connectivity index (χ0) is 15.4. The molecule has 1 atom stereocenters. The van der Waals surface area contributed by atoms with Gasteiger partial charge in [0.2, 0.25) is 5.91 Å². The quantitative estimate of drug-likeness (QED) is 0.866. The number of aliphatic carboxylic acids is 1. The van der Waals surface area contributed by atoms with Crippen molar-refractivity contribution in [3.63, 3.8) is 0 Å². The molecular weight excluding hydrogens is 270 g/mol. The number of hydrogen-bond acceptors (Lipinski definition) is 3. The molecule has 2 aromatic rings. The molecule has 1 amide bonds. The highest BCUT2D eigenvalue weighted by Crippen LogP contribution is 2.19. The lowest BCUT2D eigenvalue weighted by Gasteiger charge is -2.13. The highest BCUT2D eigenvalue weighted by molar-refractivity contribution is 5.82. The number of aromatic nitrogens is 2. The molecule has 0 fully saturated rings. The summed E-state index contributed by atoms with van der Waals surface area (Å²) in [5.74, 6) is -1.39. The van der Waals surface area contributed by atoms with Crippen LogP contribution >= 0.6 is 0 Å². The number of nitrogens with one attached hydrogen (secondary N) is 1. The summed E-state index contributed by atoms with van der Waals surface area (Å²) in [7, 11) is 1.86. The van der Waals surface area contributed by atoms with Crippen molar-refractivity contribution < 1.29 is 14.7 Å². The first kappa shape index (κ1) is 14.8. The number of carboxylic acid groups (broad SMARTS) is 1. The molecule has 21 heavy (non-hydrogen) atoms. The van der Waals surface area contributed by atoms with Crippen LogP contribution < -0.4 is 5.32 Å². The van der Waals surface area contributed by atoms with E-state index in [9.17, 15) is 9.59 Å². The first-order valence-corrected chi connectivity index (χ1v) is 6.54. The molecule has 0 unspecified atom stereocenters. The van der Waals surface area contributed by atoms with Gasteiger partial charge in [0.1, 0.15) is 6.04 Å². The third kappa shape index (κ3) is 3.68. The third-order valence-corrected chi connectivity index (χ3v) is 3.19. The van der Waals surface area contributed by atoms with Gasteiger partial charge < -0.3 is 10.4 Å². The Morgan fingerprint density at radius 3 is 2.43 bits per heavy atom. The van der Waals surface area contributed by atoms with Crippen LogP contribution in [0.3, 0.4) is 0 Å². The minimum atomic E-state index is -1.04. The molecule has 6 nitrogen and oxygen atoms in total. The van der Waals surface area contributed by atoms with Crippen molar-refractivity contribution in [3.05, 3.63) is 42.1 Å². The minimum Gasteiger partial charge on any atom is -0.480 e. The fourth-order valence-corrected chi connectivity index (χ4v) is 2.15. The molecule has 1 heterocycles. The molecule has 2 N–H and O–H groups in total. The largest absolute Gasteiger partial charge is 0.480 e. The first-order chi connectivity index (χ1) is 9.97. The Balaban J connectivity index is 2.13. The number of carbonyl (C=O) groups is 2. The van der Waals surface area contributed by atoms with Crippen molar-refractivity contribution in [1.82, 2.24) is 15.1 Å². The number of carboxylic acids is 1. The molecule has 0 aliphatic heterocycles. The Morgan fingerprint density at radius 1 is 1.29 bits per heavy atom. The van der Waals surface area contributed by atoms with Crippen LogP contribution in [-0.4, -0.2) is 32.8 Å². The predicted octanol–water partition coefficient (Wildman–Crippen LogP) is 1.22. The first-order valence-electron chi connectivity index (χ1n) is 6.54. The van der Waals surface area contributed by atoms with Gasteiger partial charge >= 0.3 is 5.97 Å². The van der Waals surface area contributed by atoms with E-state index in [0.29, 0.717) is 0 Å². The standard InChI is InChI=1S/C15H17N3O3/c1-10(19)17-13(15(20)21)9-11-3-5-12(6-4-11)14-7-8-16-18(14)2/h3-8,13H,9H2,1-2H3,(H,17,19)(H,20,21)/t13-/m1/s1. The van der Waals surface area contributed by atoms with E-state index in [4.69, 9.17) is 5.11 Å². The van der Waals surface area contributed by atoms with E-state index in [2.05, 4.69) is 10.4 Å². The zero-order valence-electron chi connectivity index (χ0n) is 11.9. The Labute approximate surface area is 122 Å². The fourth-order valence-electron chi connectivity index (χ4n) is 2.15. The summed E-state index contributed by atoms with van der Waals surface area (Å²) in [6.45, 7) is 1.31. The fraction of sp³-hybridized carbons (Fsp3) is 0.267. The Hall–Kier alpha value is -2.63. The van der Waals surface area contributed by atoms with Crippen LogP contribution in [0.1, 0.15) is 12.5 Å². The number of nitrogens with zero attached hydrogens (tertiary/aromatic N) is 2. The third-order valence-electron chi connectivity index (χ3n) is 3.19.